The highest BCUT2D eigenvalue weighted by atomic mass is 32.2. The van der Waals surface area contributed by atoms with Crippen molar-refractivity contribution in [3.63, 3.8) is 0 Å². The van der Waals surface area contributed by atoms with Gasteiger partial charge in [-0.25, -0.2) is 17.8 Å². The number of hydrogen-bond donors (Lipinski definition) is 2. The molecule has 2 aromatic carbocycles. The number of nitrogens with one attached hydrogen (secondary N) is 2. The highest BCUT2D eigenvalue weighted by Crippen LogP contribution is 2.28. The molecule has 0 atom stereocenters. The Morgan fingerprint density at radius 1 is 1.13 bits per heavy atom. The number of aryl methyl sites for hydroxylation is 1. The number of H-pyrrole nitrogens is 1. The van der Waals surface area contributed by atoms with Crippen molar-refractivity contribution in [1.82, 2.24) is 20.2 Å². The second-order valence-electron chi connectivity index (χ2n) is 6.91. The normalized spacial score (nSPS) is 11.6. The fraction of sp³-hybridized carbons (Fsp3) is 0.150. The van der Waals surface area contributed by atoms with Crippen molar-refractivity contribution in [2.75, 3.05) is 23.5 Å². The summed E-state index contributed by atoms with van der Waals surface area (Å²) in [7, 11) is -1.62. The second-order valence-corrected chi connectivity index (χ2v) is 8.89. The van der Waals surface area contributed by atoms with Crippen LogP contribution in [-0.2, 0) is 9.84 Å². The molecule has 0 aliphatic carbocycles. The van der Waals surface area contributed by atoms with Crippen LogP contribution in [0.5, 0.6) is 0 Å². The van der Waals surface area contributed by atoms with Gasteiger partial charge in [0.05, 0.1) is 10.4 Å². The summed E-state index contributed by atoms with van der Waals surface area (Å²) in [6.45, 7) is 1.75. The van der Waals surface area contributed by atoms with Crippen LogP contribution in [0.15, 0.2) is 53.6 Å². The summed E-state index contributed by atoms with van der Waals surface area (Å²) < 4.78 is 37.7. The lowest BCUT2D eigenvalue weighted by Gasteiger charge is -2.19. The number of aromatic nitrogens is 4. The van der Waals surface area contributed by atoms with Gasteiger partial charge in [0.25, 0.3) is 0 Å². The highest BCUT2D eigenvalue weighted by molar-refractivity contribution is 7.90. The van der Waals surface area contributed by atoms with Crippen molar-refractivity contribution in [3.8, 4) is 0 Å². The maximum absolute atomic E-state index is 13.6. The van der Waals surface area contributed by atoms with E-state index in [0.717, 1.165) is 0 Å². The van der Waals surface area contributed by atoms with Gasteiger partial charge in [-0.2, -0.15) is 10.1 Å². The minimum atomic E-state index is -3.36. The molecule has 0 fully saturated rings. The van der Waals surface area contributed by atoms with E-state index in [1.807, 2.05) is 0 Å². The minimum absolute atomic E-state index is 0.256. The van der Waals surface area contributed by atoms with E-state index in [2.05, 4.69) is 25.5 Å². The fourth-order valence-corrected chi connectivity index (χ4v) is 4.08. The summed E-state index contributed by atoms with van der Waals surface area (Å²) in [4.78, 5) is 10.7. The van der Waals surface area contributed by atoms with Crippen molar-refractivity contribution in [1.29, 1.82) is 0 Å². The molecule has 2 aromatic heterocycles. The largest absolute Gasteiger partial charge is 0.323 e. The number of aromatic amines is 1. The van der Waals surface area contributed by atoms with Gasteiger partial charge in [0.1, 0.15) is 11.6 Å². The summed E-state index contributed by atoms with van der Waals surface area (Å²) in [6.07, 6.45) is 2.75. The summed E-state index contributed by atoms with van der Waals surface area (Å²) >= 11 is 0. The van der Waals surface area contributed by atoms with Crippen LogP contribution in [0.3, 0.4) is 0 Å². The van der Waals surface area contributed by atoms with Crippen molar-refractivity contribution < 1.29 is 12.8 Å². The van der Waals surface area contributed by atoms with Gasteiger partial charge in [-0.3, -0.25) is 5.10 Å². The molecular weight excluding hydrogens is 407 g/mol. The lowest BCUT2D eigenvalue weighted by Crippen LogP contribution is -2.14. The molecule has 0 radical (unpaired) electrons. The maximum atomic E-state index is 13.6. The number of fused-ring (bicyclic) bond motifs is 1. The van der Waals surface area contributed by atoms with E-state index in [9.17, 15) is 12.8 Å². The Morgan fingerprint density at radius 2 is 1.93 bits per heavy atom. The highest BCUT2D eigenvalue weighted by Gasteiger charge is 2.15. The van der Waals surface area contributed by atoms with Gasteiger partial charge >= 0.3 is 0 Å². The Hall–Kier alpha value is -3.53. The maximum Gasteiger partial charge on any atom is 0.231 e. The molecule has 8 nitrogen and oxygen atoms in total. The number of sulfone groups is 1. The molecule has 4 aromatic rings. The smallest absolute Gasteiger partial charge is 0.231 e. The Kier molecular flexibility index (Phi) is 4.86. The monoisotopic (exact) mass is 426 g/mol. The van der Waals surface area contributed by atoms with Crippen LogP contribution in [0.1, 0.15) is 5.56 Å². The molecule has 0 saturated heterocycles. The molecule has 2 N–H and O–H groups in total. The topological polar surface area (TPSA) is 104 Å². The molecular formula is C20H19FN6O2S. The number of anilines is 4. The Morgan fingerprint density at radius 3 is 2.70 bits per heavy atom. The van der Waals surface area contributed by atoms with Gasteiger partial charge in [0.15, 0.2) is 15.7 Å². The number of hydrogen-bond acceptors (Lipinski definition) is 7. The molecule has 30 heavy (non-hydrogen) atoms. The molecule has 0 bridgehead atoms. The molecule has 0 saturated carbocycles. The van der Waals surface area contributed by atoms with E-state index in [0.29, 0.717) is 39.7 Å². The van der Waals surface area contributed by atoms with Crippen LogP contribution in [-0.4, -0.2) is 41.9 Å². The predicted octanol–water partition coefficient (Wildman–Crippen LogP) is 3.72. The van der Waals surface area contributed by atoms with Crippen molar-refractivity contribution in [3.05, 3.63) is 60.0 Å². The van der Waals surface area contributed by atoms with Crippen LogP contribution in [0.4, 0.5) is 27.7 Å². The molecule has 0 aliphatic heterocycles. The van der Waals surface area contributed by atoms with Crippen molar-refractivity contribution in [2.24, 2.45) is 0 Å². The first kappa shape index (κ1) is 19.8. The first-order valence-corrected chi connectivity index (χ1v) is 10.9. The third-order valence-electron chi connectivity index (χ3n) is 4.67. The predicted molar refractivity (Wildman–Crippen MR) is 114 cm³/mol. The number of nitrogens with zero attached hydrogens (tertiary/aromatic N) is 4. The summed E-state index contributed by atoms with van der Waals surface area (Å²) in [6, 6.07) is 11.2. The van der Waals surface area contributed by atoms with E-state index in [1.54, 1.807) is 55.4 Å². The van der Waals surface area contributed by atoms with Crippen LogP contribution in [0, 0.1) is 12.7 Å². The molecule has 2 heterocycles. The van der Waals surface area contributed by atoms with Gasteiger partial charge in [0, 0.05) is 30.6 Å². The lowest BCUT2D eigenvalue weighted by atomic mass is 10.2. The molecule has 10 heteroatoms. The fourth-order valence-electron chi connectivity index (χ4n) is 3.09. The molecule has 0 spiro atoms. The van der Waals surface area contributed by atoms with Crippen LogP contribution in [0.2, 0.25) is 0 Å². The molecule has 0 unspecified atom stereocenters. The first-order chi connectivity index (χ1) is 14.2. The van der Waals surface area contributed by atoms with E-state index in [-0.39, 0.29) is 10.7 Å². The SMILES string of the molecule is Cc1ccc(N(C)c2nccc(Nc3n[nH]c4ccc(F)cc34)n2)cc1S(C)(=O)=O. The quantitative estimate of drug-likeness (QED) is 0.501. The van der Waals surface area contributed by atoms with Gasteiger partial charge in [0.2, 0.25) is 5.95 Å². The van der Waals surface area contributed by atoms with Crippen molar-refractivity contribution in [2.45, 2.75) is 11.8 Å². The number of halogens is 1. The number of rotatable bonds is 5. The molecule has 4 rings (SSSR count). The van der Waals surface area contributed by atoms with Crippen molar-refractivity contribution >= 4 is 44.0 Å². The summed E-state index contributed by atoms with van der Waals surface area (Å²) in [5, 5.41) is 10.7. The van der Waals surface area contributed by atoms with E-state index >= 15 is 0 Å². The Balaban J connectivity index is 1.65. The molecule has 0 amide bonds. The summed E-state index contributed by atoms with van der Waals surface area (Å²) in [5.41, 5.74) is 1.99. The van der Waals surface area contributed by atoms with Crippen LogP contribution in [0.25, 0.3) is 10.9 Å². The van der Waals surface area contributed by atoms with Gasteiger partial charge in [-0.05, 0) is 48.9 Å². The Bertz CT molecular complexity index is 1350. The molecule has 154 valence electrons. The van der Waals surface area contributed by atoms with Gasteiger partial charge in [-0.15, -0.1) is 0 Å². The molecule has 0 aliphatic rings. The Labute approximate surface area is 172 Å². The lowest BCUT2D eigenvalue weighted by molar-refractivity contribution is 0.601. The van der Waals surface area contributed by atoms with Gasteiger partial charge in [-0.1, -0.05) is 6.07 Å². The van der Waals surface area contributed by atoms with E-state index in [1.165, 1.54) is 18.4 Å². The third kappa shape index (κ3) is 3.81. The second kappa shape index (κ2) is 7.38. The number of benzene rings is 2. The van der Waals surface area contributed by atoms with E-state index < -0.39 is 9.84 Å². The average Bonchev–Trinajstić information content (AvgIpc) is 3.09. The van der Waals surface area contributed by atoms with Gasteiger partial charge < -0.3 is 10.2 Å². The minimum Gasteiger partial charge on any atom is -0.323 e. The van der Waals surface area contributed by atoms with Crippen LogP contribution < -0.4 is 10.2 Å². The van der Waals surface area contributed by atoms with E-state index in [4.69, 9.17) is 0 Å². The summed E-state index contributed by atoms with van der Waals surface area (Å²) in [5.74, 6) is 0.886. The zero-order chi connectivity index (χ0) is 21.5. The average molecular weight is 426 g/mol. The zero-order valence-electron chi connectivity index (χ0n) is 16.5. The third-order valence-corrected chi connectivity index (χ3v) is 5.91. The first-order valence-electron chi connectivity index (χ1n) is 9.00. The zero-order valence-corrected chi connectivity index (χ0v) is 17.3. The standard InChI is InChI=1S/C20H19FN6O2S/c1-12-4-6-14(11-17(12)30(3,28)29)27(2)20-22-9-8-18(24-20)23-19-15-10-13(21)5-7-16(15)25-26-19/h4-11H,1-3H3,(H2,22,23,24,25,26). The van der Waals surface area contributed by atoms with Crippen LogP contribution >= 0.6 is 0 Å².